The summed E-state index contributed by atoms with van der Waals surface area (Å²) in [6.07, 6.45) is 1.93. The summed E-state index contributed by atoms with van der Waals surface area (Å²) in [5.41, 5.74) is 0. The van der Waals surface area contributed by atoms with E-state index in [1.807, 2.05) is 17.0 Å². The first kappa shape index (κ1) is 14.1. The van der Waals surface area contributed by atoms with Crippen molar-refractivity contribution in [3.8, 4) is 0 Å². The number of likely N-dealkylation sites (tertiary alicyclic amines) is 1. The van der Waals surface area contributed by atoms with Gasteiger partial charge in [0.25, 0.3) is 0 Å². The van der Waals surface area contributed by atoms with Crippen molar-refractivity contribution in [2.24, 2.45) is 5.92 Å². The Hall–Kier alpha value is -1.82. The molecular formula is C15H21N3O3. The van der Waals surface area contributed by atoms with Gasteiger partial charge in [-0.05, 0) is 19.2 Å². The number of nitrogens with zero attached hydrogens (tertiary/aromatic N) is 3. The van der Waals surface area contributed by atoms with E-state index >= 15 is 0 Å². The normalized spacial score (nSPS) is 23.9. The molecule has 0 N–H and O–H groups in total. The van der Waals surface area contributed by atoms with Gasteiger partial charge in [-0.1, -0.05) is 0 Å². The predicted octanol–water partition coefficient (Wildman–Crippen LogP) is 0.402. The zero-order valence-electron chi connectivity index (χ0n) is 12.3. The standard InChI is InChI=1S/C15H21N3O3/c1-16-4-6-17(7-5-16)15(20)12-9-14(19)18(10-12)11-13-3-2-8-21-13/h2-3,8,12H,4-7,9-11H2,1H3. The van der Waals surface area contributed by atoms with E-state index in [-0.39, 0.29) is 17.7 Å². The first-order valence-corrected chi connectivity index (χ1v) is 7.41. The zero-order valence-corrected chi connectivity index (χ0v) is 12.3. The lowest BCUT2D eigenvalue weighted by Crippen LogP contribution is -2.49. The molecule has 1 atom stereocenters. The third kappa shape index (κ3) is 3.10. The molecule has 0 saturated carbocycles. The monoisotopic (exact) mass is 291 g/mol. The smallest absolute Gasteiger partial charge is 0.228 e. The van der Waals surface area contributed by atoms with E-state index in [2.05, 4.69) is 11.9 Å². The van der Waals surface area contributed by atoms with Crippen LogP contribution in [-0.2, 0) is 16.1 Å². The molecule has 3 rings (SSSR count). The Morgan fingerprint density at radius 1 is 1.33 bits per heavy atom. The first-order chi connectivity index (χ1) is 10.1. The van der Waals surface area contributed by atoms with E-state index in [1.165, 1.54) is 0 Å². The second kappa shape index (κ2) is 5.89. The minimum atomic E-state index is -0.198. The fourth-order valence-electron chi connectivity index (χ4n) is 2.97. The van der Waals surface area contributed by atoms with Crippen molar-refractivity contribution in [3.63, 3.8) is 0 Å². The lowest BCUT2D eigenvalue weighted by molar-refractivity contribution is -0.137. The maximum absolute atomic E-state index is 12.5. The van der Waals surface area contributed by atoms with E-state index in [0.29, 0.717) is 19.5 Å². The molecule has 0 aromatic carbocycles. The minimum Gasteiger partial charge on any atom is -0.467 e. The van der Waals surface area contributed by atoms with Crippen molar-refractivity contribution < 1.29 is 14.0 Å². The molecule has 6 heteroatoms. The number of hydrogen-bond acceptors (Lipinski definition) is 4. The van der Waals surface area contributed by atoms with Crippen LogP contribution in [-0.4, -0.2) is 66.3 Å². The number of likely N-dealkylation sites (N-methyl/N-ethyl adjacent to an activating group) is 1. The highest BCUT2D eigenvalue weighted by Crippen LogP contribution is 2.22. The Morgan fingerprint density at radius 3 is 2.76 bits per heavy atom. The summed E-state index contributed by atoms with van der Waals surface area (Å²) in [5.74, 6) is 0.726. The molecule has 6 nitrogen and oxygen atoms in total. The molecule has 1 aromatic heterocycles. The van der Waals surface area contributed by atoms with Gasteiger partial charge in [0.2, 0.25) is 11.8 Å². The fraction of sp³-hybridized carbons (Fsp3) is 0.600. The third-order valence-electron chi connectivity index (χ3n) is 4.31. The Labute approximate surface area is 124 Å². The van der Waals surface area contributed by atoms with Crippen LogP contribution in [0.4, 0.5) is 0 Å². The molecule has 2 aliphatic rings. The molecule has 0 spiro atoms. The van der Waals surface area contributed by atoms with Crippen molar-refractivity contribution in [3.05, 3.63) is 24.2 Å². The van der Waals surface area contributed by atoms with Gasteiger partial charge < -0.3 is 19.1 Å². The highest BCUT2D eigenvalue weighted by molar-refractivity contribution is 5.89. The quantitative estimate of drug-likeness (QED) is 0.809. The second-order valence-electron chi connectivity index (χ2n) is 5.88. The van der Waals surface area contributed by atoms with Crippen molar-refractivity contribution >= 4 is 11.8 Å². The molecule has 0 bridgehead atoms. The van der Waals surface area contributed by atoms with Gasteiger partial charge in [-0.2, -0.15) is 0 Å². The largest absolute Gasteiger partial charge is 0.467 e. The zero-order chi connectivity index (χ0) is 14.8. The van der Waals surface area contributed by atoms with Crippen LogP contribution in [0.5, 0.6) is 0 Å². The molecule has 1 aromatic rings. The van der Waals surface area contributed by atoms with E-state index in [9.17, 15) is 9.59 Å². The van der Waals surface area contributed by atoms with Gasteiger partial charge in [0, 0.05) is 39.1 Å². The molecule has 0 radical (unpaired) electrons. The maximum atomic E-state index is 12.5. The van der Waals surface area contributed by atoms with Crippen LogP contribution in [0.2, 0.25) is 0 Å². The van der Waals surface area contributed by atoms with Crippen LogP contribution in [0.1, 0.15) is 12.2 Å². The highest BCUT2D eigenvalue weighted by Gasteiger charge is 2.37. The van der Waals surface area contributed by atoms with Crippen LogP contribution in [0.25, 0.3) is 0 Å². The average molecular weight is 291 g/mol. The van der Waals surface area contributed by atoms with E-state index in [1.54, 1.807) is 11.2 Å². The van der Waals surface area contributed by atoms with E-state index in [0.717, 1.165) is 31.9 Å². The van der Waals surface area contributed by atoms with Gasteiger partial charge in [0.1, 0.15) is 5.76 Å². The average Bonchev–Trinajstić information content (AvgIpc) is 3.10. The van der Waals surface area contributed by atoms with Crippen LogP contribution in [0.3, 0.4) is 0 Å². The summed E-state index contributed by atoms with van der Waals surface area (Å²) in [5, 5.41) is 0. The number of hydrogen-bond donors (Lipinski definition) is 0. The van der Waals surface area contributed by atoms with Crippen LogP contribution in [0.15, 0.2) is 22.8 Å². The molecule has 1 unspecified atom stereocenters. The van der Waals surface area contributed by atoms with Gasteiger partial charge >= 0.3 is 0 Å². The Kier molecular flexibility index (Phi) is 3.96. The summed E-state index contributed by atoms with van der Waals surface area (Å²) in [6.45, 7) is 4.30. The molecule has 2 aliphatic heterocycles. The van der Waals surface area contributed by atoms with Crippen LogP contribution < -0.4 is 0 Å². The lowest BCUT2D eigenvalue weighted by Gasteiger charge is -2.33. The van der Waals surface area contributed by atoms with Crippen LogP contribution >= 0.6 is 0 Å². The fourth-order valence-corrected chi connectivity index (χ4v) is 2.97. The predicted molar refractivity (Wildman–Crippen MR) is 76.3 cm³/mol. The highest BCUT2D eigenvalue weighted by atomic mass is 16.3. The summed E-state index contributed by atoms with van der Waals surface area (Å²) in [6, 6.07) is 3.66. The number of amides is 2. The van der Waals surface area contributed by atoms with E-state index < -0.39 is 0 Å². The van der Waals surface area contributed by atoms with Gasteiger partial charge in [-0.15, -0.1) is 0 Å². The maximum Gasteiger partial charge on any atom is 0.228 e. The van der Waals surface area contributed by atoms with Gasteiger partial charge in [-0.25, -0.2) is 0 Å². The van der Waals surface area contributed by atoms with Crippen LogP contribution in [0, 0.1) is 5.92 Å². The second-order valence-corrected chi connectivity index (χ2v) is 5.88. The molecule has 2 saturated heterocycles. The van der Waals surface area contributed by atoms with Gasteiger partial charge in [0.05, 0.1) is 18.7 Å². The topological polar surface area (TPSA) is 57.0 Å². The molecular weight excluding hydrogens is 270 g/mol. The molecule has 21 heavy (non-hydrogen) atoms. The number of carbonyl (C=O) groups is 2. The van der Waals surface area contributed by atoms with Crippen molar-refractivity contribution in [1.82, 2.24) is 14.7 Å². The number of furan rings is 1. The van der Waals surface area contributed by atoms with Crippen molar-refractivity contribution in [2.45, 2.75) is 13.0 Å². The van der Waals surface area contributed by atoms with Crippen molar-refractivity contribution in [1.29, 1.82) is 0 Å². The summed E-state index contributed by atoms with van der Waals surface area (Å²) >= 11 is 0. The number of rotatable bonds is 3. The number of carbonyl (C=O) groups excluding carboxylic acids is 2. The van der Waals surface area contributed by atoms with E-state index in [4.69, 9.17) is 4.42 Å². The lowest BCUT2D eigenvalue weighted by atomic mass is 10.1. The molecule has 2 fully saturated rings. The molecule has 0 aliphatic carbocycles. The number of piperazine rings is 1. The molecule has 114 valence electrons. The molecule has 2 amide bonds. The Bertz CT molecular complexity index is 506. The molecule has 3 heterocycles. The Morgan fingerprint density at radius 2 is 2.10 bits per heavy atom. The summed E-state index contributed by atoms with van der Waals surface area (Å²) in [7, 11) is 2.06. The minimum absolute atomic E-state index is 0.0406. The summed E-state index contributed by atoms with van der Waals surface area (Å²) in [4.78, 5) is 30.4. The van der Waals surface area contributed by atoms with Crippen molar-refractivity contribution in [2.75, 3.05) is 39.8 Å². The Balaban J connectivity index is 1.57. The van der Waals surface area contributed by atoms with Gasteiger partial charge in [-0.3, -0.25) is 9.59 Å². The SMILES string of the molecule is CN1CCN(C(=O)C2CC(=O)N(Cc3ccco3)C2)CC1. The van der Waals surface area contributed by atoms with Gasteiger partial charge in [0.15, 0.2) is 0 Å². The summed E-state index contributed by atoms with van der Waals surface area (Å²) < 4.78 is 5.27. The first-order valence-electron chi connectivity index (χ1n) is 7.41. The third-order valence-corrected chi connectivity index (χ3v) is 4.31.